The van der Waals surface area contributed by atoms with Gasteiger partial charge in [-0.15, -0.1) is 17.5 Å². The van der Waals surface area contributed by atoms with E-state index in [0.29, 0.717) is 24.8 Å². The second-order valence-electron chi connectivity index (χ2n) is 6.65. The van der Waals surface area contributed by atoms with Crippen LogP contribution < -0.4 is 10.1 Å². The highest BCUT2D eigenvalue weighted by Crippen LogP contribution is 2.22. The fraction of sp³-hybridized carbons (Fsp3) is 0.556. The SMILES string of the molecule is CNC1CCCN(C(=O)C(Cc2cccc(OC)c2)n2nnnc2C)C1.Cl. The van der Waals surface area contributed by atoms with Crippen molar-refractivity contribution in [2.24, 2.45) is 0 Å². The molecule has 1 aromatic carbocycles. The molecule has 3 rings (SSSR count). The molecule has 0 bridgehead atoms. The van der Waals surface area contributed by atoms with Crippen LogP contribution in [-0.2, 0) is 11.2 Å². The van der Waals surface area contributed by atoms with E-state index in [0.717, 1.165) is 30.7 Å². The molecule has 8 nitrogen and oxygen atoms in total. The summed E-state index contributed by atoms with van der Waals surface area (Å²) < 4.78 is 6.94. The molecular formula is C18H27ClN6O2. The van der Waals surface area contributed by atoms with Gasteiger partial charge in [0.25, 0.3) is 0 Å². The van der Waals surface area contributed by atoms with E-state index in [1.165, 1.54) is 0 Å². The Morgan fingerprint density at radius 3 is 2.93 bits per heavy atom. The van der Waals surface area contributed by atoms with Gasteiger partial charge >= 0.3 is 0 Å². The number of hydrogen-bond acceptors (Lipinski definition) is 6. The van der Waals surface area contributed by atoms with Crippen LogP contribution in [0, 0.1) is 6.92 Å². The summed E-state index contributed by atoms with van der Waals surface area (Å²) in [5.41, 5.74) is 1.01. The van der Waals surface area contributed by atoms with Gasteiger partial charge in [0.05, 0.1) is 7.11 Å². The monoisotopic (exact) mass is 394 g/mol. The van der Waals surface area contributed by atoms with Crippen molar-refractivity contribution in [3.05, 3.63) is 35.7 Å². The summed E-state index contributed by atoms with van der Waals surface area (Å²) in [5.74, 6) is 1.46. The zero-order valence-corrected chi connectivity index (χ0v) is 16.8. The number of likely N-dealkylation sites (N-methyl/N-ethyl adjacent to an activating group) is 1. The molecule has 1 saturated heterocycles. The highest BCUT2D eigenvalue weighted by molar-refractivity contribution is 5.85. The van der Waals surface area contributed by atoms with Crippen LogP contribution in [0.4, 0.5) is 0 Å². The lowest BCUT2D eigenvalue weighted by atomic mass is 10.0. The van der Waals surface area contributed by atoms with Gasteiger partial charge in [0.1, 0.15) is 17.6 Å². The van der Waals surface area contributed by atoms with Crippen molar-refractivity contribution in [1.29, 1.82) is 0 Å². The molecule has 0 aliphatic carbocycles. The average Bonchev–Trinajstić information content (AvgIpc) is 3.11. The lowest BCUT2D eigenvalue weighted by Gasteiger charge is -2.35. The molecule has 2 unspecified atom stereocenters. The van der Waals surface area contributed by atoms with Crippen LogP contribution in [0.25, 0.3) is 0 Å². The van der Waals surface area contributed by atoms with Gasteiger partial charge in [0.2, 0.25) is 5.91 Å². The van der Waals surface area contributed by atoms with Crippen LogP contribution in [0.5, 0.6) is 5.75 Å². The van der Waals surface area contributed by atoms with Crippen molar-refractivity contribution >= 4 is 18.3 Å². The Kier molecular flexibility index (Phi) is 7.55. The Balaban J connectivity index is 0.00000261. The van der Waals surface area contributed by atoms with Crippen LogP contribution in [0.1, 0.15) is 30.3 Å². The van der Waals surface area contributed by atoms with Crippen molar-refractivity contribution in [2.75, 3.05) is 27.2 Å². The van der Waals surface area contributed by atoms with E-state index >= 15 is 0 Å². The number of halogens is 1. The molecule has 1 aliphatic rings. The predicted molar refractivity (Wildman–Crippen MR) is 104 cm³/mol. The normalized spacial score (nSPS) is 17.9. The number of hydrogen-bond donors (Lipinski definition) is 1. The van der Waals surface area contributed by atoms with E-state index < -0.39 is 6.04 Å². The van der Waals surface area contributed by atoms with E-state index in [2.05, 4.69) is 20.8 Å². The number of rotatable bonds is 6. The third kappa shape index (κ3) is 4.95. The summed E-state index contributed by atoms with van der Waals surface area (Å²) >= 11 is 0. The number of ether oxygens (including phenoxy) is 1. The van der Waals surface area contributed by atoms with Gasteiger partial charge < -0.3 is 15.0 Å². The van der Waals surface area contributed by atoms with E-state index in [1.807, 2.05) is 43.1 Å². The first-order valence-electron chi connectivity index (χ1n) is 8.95. The van der Waals surface area contributed by atoms with Crippen LogP contribution in [0.2, 0.25) is 0 Å². The fourth-order valence-corrected chi connectivity index (χ4v) is 3.45. The highest BCUT2D eigenvalue weighted by atomic mass is 35.5. The predicted octanol–water partition coefficient (Wildman–Crippen LogP) is 1.41. The minimum Gasteiger partial charge on any atom is -0.497 e. The fourth-order valence-electron chi connectivity index (χ4n) is 3.45. The number of carbonyl (C=O) groups is 1. The number of nitrogens with one attached hydrogen (secondary N) is 1. The zero-order valence-electron chi connectivity index (χ0n) is 16.0. The molecule has 2 heterocycles. The Labute approximate surface area is 165 Å². The number of amides is 1. The second kappa shape index (κ2) is 9.66. The number of nitrogens with zero attached hydrogens (tertiary/aromatic N) is 5. The van der Waals surface area contributed by atoms with Crippen molar-refractivity contribution in [3.63, 3.8) is 0 Å². The maximum absolute atomic E-state index is 13.3. The van der Waals surface area contributed by atoms with E-state index in [-0.39, 0.29) is 18.3 Å². The summed E-state index contributed by atoms with van der Waals surface area (Å²) in [4.78, 5) is 15.2. The number of aryl methyl sites for hydroxylation is 1. The Bertz CT molecular complexity index is 753. The molecule has 1 fully saturated rings. The van der Waals surface area contributed by atoms with Gasteiger partial charge in [-0.05, 0) is 54.9 Å². The number of likely N-dealkylation sites (tertiary alicyclic amines) is 1. The van der Waals surface area contributed by atoms with E-state index in [9.17, 15) is 4.79 Å². The summed E-state index contributed by atoms with van der Waals surface area (Å²) in [6.45, 7) is 3.30. The summed E-state index contributed by atoms with van der Waals surface area (Å²) in [6.07, 6.45) is 2.60. The first-order chi connectivity index (χ1) is 12.6. The molecule has 2 aromatic rings. The molecular weight excluding hydrogens is 368 g/mol. The topological polar surface area (TPSA) is 85.2 Å². The molecule has 148 valence electrons. The number of benzene rings is 1. The van der Waals surface area contributed by atoms with Crippen LogP contribution in [0.3, 0.4) is 0 Å². The molecule has 1 N–H and O–H groups in total. The zero-order chi connectivity index (χ0) is 18.5. The molecule has 1 aromatic heterocycles. The number of methoxy groups -OCH3 is 1. The first kappa shape index (κ1) is 21.1. The Morgan fingerprint density at radius 1 is 1.44 bits per heavy atom. The van der Waals surface area contributed by atoms with Crippen LogP contribution in [0.15, 0.2) is 24.3 Å². The molecule has 1 amide bonds. The molecule has 0 radical (unpaired) electrons. The summed E-state index contributed by atoms with van der Waals surface area (Å²) in [5, 5.41) is 15.0. The van der Waals surface area contributed by atoms with E-state index in [4.69, 9.17) is 4.74 Å². The van der Waals surface area contributed by atoms with Gasteiger partial charge in [-0.1, -0.05) is 12.1 Å². The van der Waals surface area contributed by atoms with Gasteiger partial charge in [-0.2, -0.15) is 0 Å². The molecule has 0 spiro atoms. The molecule has 2 atom stereocenters. The van der Waals surface area contributed by atoms with Gasteiger partial charge in [0, 0.05) is 25.6 Å². The number of aromatic nitrogens is 4. The maximum Gasteiger partial charge on any atom is 0.247 e. The van der Waals surface area contributed by atoms with Gasteiger partial charge in [-0.25, -0.2) is 4.68 Å². The minimum absolute atomic E-state index is 0. The van der Waals surface area contributed by atoms with Crippen LogP contribution in [-0.4, -0.2) is 64.3 Å². The van der Waals surface area contributed by atoms with Gasteiger partial charge in [0.15, 0.2) is 0 Å². The third-order valence-electron chi connectivity index (χ3n) is 4.94. The number of tetrazole rings is 1. The molecule has 9 heteroatoms. The Hall–Kier alpha value is -2.19. The Morgan fingerprint density at radius 2 is 2.26 bits per heavy atom. The van der Waals surface area contributed by atoms with Gasteiger partial charge in [-0.3, -0.25) is 4.79 Å². The van der Waals surface area contributed by atoms with Crippen molar-refractivity contribution in [1.82, 2.24) is 30.4 Å². The molecule has 1 aliphatic heterocycles. The summed E-state index contributed by atoms with van der Waals surface area (Å²) in [7, 11) is 3.58. The largest absolute Gasteiger partial charge is 0.497 e. The van der Waals surface area contributed by atoms with E-state index in [1.54, 1.807) is 11.8 Å². The highest BCUT2D eigenvalue weighted by Gasteiger charge is 2.31. The average molecular weight is 395 g/mol. The minimum atomic E-state index is -0.465. The van der Waals surface area contributed by atoms with Crippen molar-refractivity contribution < 1.29 is 9.53 Å². The maximum atomic E-state index is 13.3. The van der Waals surface area contributed by atoms with Crippen LogP contribution >= 0.6 is 12.4 Å². The van der Waals surface area contributed by atoms with Crippen molar-refractivity contribution in [2.45, 2.75) is 38.3 Å². The smallest absolute Gasteiger partial charge is 0.247 e. The second-order valence-corrected chi connectivity index (χ2v) is 6.65. The number of piperidine rings is 1. The lowest BCUT2D eigenvalue weighted by molar-refractivity contribution is -0.136. The standard InChI is InChI=1S/C18H26N6O2.ClH/c1-13-20-21-22-24(13)17(11-14-6-4-8-16(10-14)26-3)18(25)23-9-5-7-15(12-23)19-2;/h4,6,8,10,15,17,19H,5,7,9,11-12H2,1-3H3;1H. The molecule has 27 heavy (non-hydrogen) atoms. The third-order valence-corrected chi connectivity index (χ3v) is 4.94. The first-order valence-corrected chi connectivity index (χ1v) is 8.95. The van der Waals surface area contributed by atoms with Crippen molar-refractivity contribution in [3.8, 4) is 5.75 Å². The summed E-state index contributed by atoms with van der Waals surface area (Å²) in [6, 6.07) is 7.64. The quantitative estimate of drug-likeness (QED) is 0.797. The lowest BCUT2D eigenvalue weighted by Crippen LogP contribution is -2.49. The molecule has 0 saturated carbocycles. The number of carbonyl (C=O) groups excluding carboxylic acids is 1.